The van der Waals surface area contributed by atoms with Gasteiger partial charge in [0.2, 0.25) is 0 Å². The Hall–Kier alpha value is -1.63. The fourth-order valence-electron chi connectivity index (χ4n) is 5.99. The predicted molar refractivity (Wildman–Crippen MR) is 116 cm³/mol. The molecule has 6 nitrogen and oxygen atoms in total. The average molecular weight is 417 g/mol. The summed E-state index contributed by atoms with van der Waals surface area (Å²) in [5.41, 5.74) is 9.84. The highest BCUT2D eigenvalue weighted by Crippen LogP contribution is 2.66. The van der Waals surface area contributed by atoms with Gasteiger partial charge < -0.3 is 24.8 Å². The number of methoxy groups -OCH3 is 2. The van der Waals surface area contributed by atoms with Gasteiger partial charge in [-0.3, -0.25) is 0 Å². The summed E-state index contributed by atoms with van der Waals surface area (Å²) in [5.74, 6) is 1.38. The highest BCUT2D eigenvalue weighted by atomic mass is 16.6. The first-order chi connectivity index (χ1) is 14.4. The Bertz CT molecular complexity index is 776. The lowest BCUT2D eigenvalue weighted by Crippen LogP contribution is -2.54. The molecule has 166 valence electrons. The molecule has 4 rings (SSSR count). The Morgan fingerprint density at radius 3 is 2.63 bits per heavy atom. The number of nitrogens with two attached hydrogens (primary N) is 1. The van der Waals surface area contributed by atoms with Gasteiger partial charge in [-0.2, -0.15) is 0 Å². The van der Waals surface area contributed by atoms with E-state index in [4.69, 9.17) is 19.9 Å². The summed E-state index contributed by atoms with van der Waals surface area (Å²) in [6.07, 6.45) is 6.90. The maximum absolute atomic E-state index is 12.8. The molecule has 1 unspecified atom stereocenters. The number of hydrogen-bond donors (Lipinski definition) is 1. The fraction of sp³-hybridized carbons (Fsp3) is 0.708. The van der Waals surface area contributed by atoms with Crippen molar-refractivity contribution >= 4 is 6.09 Å². The Kier molecular flexibility index (Phi) is 6.11. The van der Waals surface area contributed by atoms with Gasteiger partial charge >= 0.3 is 6.09 Å². The molecule has 2 fully saturated rings. The van der Waals surface area contributed by atoms with Crippen molar-refractivity contribution in [2.45, 2.75) is 56.9 Å². The van der Waals surface area contributed by atoms with Crippen molar-refractivity contribution in [1.82, 2.24) is 4.90 Å². The van der Waals surface area contributed by atoms with E-state index < -0.39 is 0 Å². The van der Waals surface area contributed by atoms with Crippen LogP contribution >= 0.6 is 0 Å². The monoisotopic (exact) mass is 416 g/mol. The molecule has 30 heavy (non-hydrogen) atoms. The molecule has 1 aromatic carbocycles. The van der Waals surface area contributed by atoms with Gasteiger partial charge in [0.1, 0.15) is 5.75 Å². The first-order valence-corrected chi connectivity index (χ1v) is 11.3. The zero-order valence-corrected chi connectivity index (χ0v) is 18.6. The van der Waals surface area contributed by atoms with E-state index in [1.54, 1.807) is 19.1 Å². The summed E-state index contributed by atoms with van der Waals surface area (Å²) in [4.78, 5) is 14.4. The van der Waals surface area contributed by atoms with Crippen molar-refractivity contribution in [3.8, 4) is 5.75 Å². The summed E-state index contributed by atoms with van der Waals surface area (Å²) in [6, 6.07) is 6.35. The molecule has 2 N–H and O–H groups in total. The number of fused-ring (bicyclic) bond motifs is 3. The normalized spacial score (nSPS) is 31.7. The Morgan fingerprint density at radius 1 is 1.20 bits per heavy atom. The zero-order valence-electron chi connectivity index (χ0n) is 18.6. The van der Waals surface area contributed by atoms with Gasteiger partial charge in [0.25, 0.3) is 0 Å². The minimum Gasteiger partial charge on any atom is -0.410 e. The van der Waals surface area contributed by atoms with Crippen LogP contribution in [0.1, 0.15) is 50.2 Å². The maximum Gasteiger partial charge on any atom is 0.415 e. The number of carbonyl (C=O) groups excluding carboxylic acids is 1. The molecule has 2 bridgehead atoms. The van der Waals surface area contributed by atoms with Crippen LogP contribution in [0, 0.1) is 11.3 Å². The topological polar surface area (TPSA) is 74.0 Å². The van der Waals surface area contributed by atoms with E-state index >= 15 is 0 Å². The van der Waals surface area contributed by atoms with Crippen molar-refractivity contribution in [2.75, 3.05) is 40.5 Å². The van der Waals surface area contributed by atoms with E-state index in [0.717, 1.165) is 18.8 Å². The molecule has 2 saturated carbocycles. The van der Waals surface area contributed by atoms with Gasteiger partial charge in [-0.15, -0.1) is 0 Å². The van der Waals surface area contributed by atoms with Crippen molar-refractivity contribution in [1.29, 1.82) is 0 Å². The average Bonchev–Trinajstić information content (AvgIpc) is 3.43. The van der Waals surface area contributed by atoms with Crippen LogP contribution in [0.3, 0.4) is 0 Å². The number of hydrogen-bond acceptors (Lipinski definition) is 5. The Labute approximate surface area is 180 Å². The molecule has 1 aromatic rings. The molecule has 0 radical (unpaired) electrons. The van der Waals surface area contributed by atoms with Crippen LogP contribution in [0.4, 0.5) is 4.79 Å². The summed E-state index contributed by atoms with van der Waals surface area (Å²) in [6.45, 7) is 4.18. The maximum atomic E-state index is 12.8. The molecule has 3 aliphatic carbocycles. The van der Waals surface area contributed by atoms with Crippen LogP contribution in [0.25, 0.3) is 0 Å². The number of benzene rings is 1. The lowest BCUT2D eigenvalue weighted by Gasteiger charge is -2.48. The van der Waals surface area contributed by atoms with E-state index in [0.29, 0.717) is 32.1 Å². The Balaban J connectivity index is 1.56. The quantitative estimate of drug-likeness (QED) is 0.736. The summed E-state index contributed by atoms with van der Waals surface area (Å²) in [5, 5.41) is 0. The third-order valence-corrected chi connectivity index (χ3v) is 7.89. The molecule has 0 aliphatic heterocycles. The van der Waals surface area contributed by atoms with Crippen molar-refractivity contribution in [3.05, 3.63) is 29.3 Å². The first-order valence-electron chi connectivity index (χ1n) is 11.3. The number of rotatable bonds is 7. The van der Waals surface area contributed by atoms with Crippen molar-refractivity contribution in [2.24, 2.45) is 17.1 Å². The first kappa shape index (κ1) is 21.6. The fourth-order valence-corrected chi connectivity index (χ4v) is 5.99. The van der Waals surface area contributed by atoms with Gasteiger partial charge in [0.15, 0.2) is 0 Å². The molecule has 0 heterocycles. The second-order valence-electron chi connectivity index (χ2n) is 9.61. The van der Waals surface area contributed by atoms with Gasteiger partial charge in [-0.05, 0) is 60.3 Å². The minimum absolute atomic E-state index is 0.0586. The third-order valence-electron chi connectivity index (χ3n) is 7.89. The highest BCUT2D eigenvalue weighted by Gasteiger charge is 2.64. The Morgan fingerprint density at radius 2 is 1.93 bits per heavy atom. The van der Waals surface area contributed by atoms with Crippen LogP contribution in [-0.2, 0) is 21.3 Å². The number of amides is 1. The van der Waals surface area contributed by atoms with E-state index in [1.807, 2.05) is 6.07 Å². The van der Waals surface area contributed by atoms with E-state index in [2.05, 4.69) is 19.1 Å². The van der Waals surface area contributed by atoms with Gasteiger partial charge in [0, 0.05) is 38.8 Å². The van der Waals surface area contributed by atoms with E-state index in [1.165, 1.54) is 36.8 Å². The predicted octanol–water partition coefficient (Wildman–Crippen LogP) is 3.50. The molecule has 0 aromatic heterocycles. The molecule has 6 heteroatoms. The largest absolute Gasteiger partial charge is 0.415 e. The number of ether oxygens (including phenoxy) is 3. The second-order valence-corrected chi connectivity index (χ2v) is 9.61. The third kappa shape index (κ3) is 3.74. The van der Waals surface area contributed by atoms with Gasteiger partial charge in [-0.1, -0.05) is 25.8 Å². The SMILES string of the molecule is COCCN(CCOC)C(=O)Oc1ccc2c(c1)[C@@]1(C)CCCC[C@H]3CC3(C2)[C@@H]1N. The summed E-state index contributed by atoms with van der Waals surface area (Å²) in [7, 11) is 3.25. The zero-order chi connectivity index (χ0) is 21.4. The molecule has 4 atom stereocenters. The lowest BCUT2D eigenvalue weighted by molar-refractivity contribution is 0.102. The smallest absolute Gasteiger partial charge is 0.410 e. The van der Waals surface area contributed by atoms with E-state index in [-0.39, 0.29) is 23.0 Å². The number of nitrogens with zero attached hydrogens (tertiary/aromatic N) is 1. The van der Waals surface area contributed by atoms with Gasteiger partial charge in [-0.25, -0.2) is 4.79 Å². The lowest BCUT2D eigenvalue weighted by atomic mass is 9.59. The van der Waals surface area contributed by atoms with Crippen molar-refractivity contribution in [3.63, 3.8) is 0 Å². The minimum atomic E-state index is -0.370. The van der Waals surface area contributed by atoms with Crippen LogP contribution in [-0.4, -0.2) is 57.6 Å². The highest BCUT2D eigenvalue weighted by molar-refractivity contribution is 5.71. The van der Waals surface area contributed by atoms with Crippen LogP contribution in [0.2, 0.25) is 0 Å². The molecule has 0 saturated heterocycles. The molecule has 1 amide bonds. The number of carbonyl (C=O) groups is 1. The molecular formula is C24H36N2O4. The van der Waals surface area contributed by atoms with Crippen LogP contribution in [0.5, 0.6) is 5.75 Å². The molecule has 1 spiro atoms. The second kappa shape index (κ2) is 8.48. The van der Waals surface area contributed by atoms with Crippen LogP contribution < -0.4 is 10.5 Å². The summed E-state index contributed by atoms with van der Waals surface area (Å²) < 4.78 is 16.0. The van der Waals surface area contributed by atoms with Crippen LogP contribution in [0.15, 0.2) is 18.2 Å². The standard InChI is InChI=1S/C24H36N2O4/c1-23-9-5-4-6-18-16-24(18,21(23)25)15-17-7-8-19(14-20(17)23)30-22(27)26(10-12-28-2)11-13-29-3/h7-8,14,18,21H,4-6,9-13,15-16,25H2,1-3H3/t18-,21+,23+,24?/m0/s1. The van der Waals surface area contributed by atoms with E-state index in [9.17, 15) is 4.79 Å². The van der Waals surface area contributed by atoms with Gasteiger partial charge in [0.05, 0.1) is 13.2 Å². The van der Waals surface area contributed by atoms with Crippen molar-refractivity contribution < 1.29 is 19.0 Å². The molecule has 3 aliphatic rings. The molecular weight excluding hydrogens is 380 g/mol. The summed E-state index contributed by atoms with van der Waals surface area (Å²) >= 11 is 0.